The van der Waals surface area contributed by atoms with Crippen molar-refractivity contribution in [3.8, 4) is 5.75 Å². The second-order valence-electron chi connectivity index (χ2n) is 3.29. The third-order valence-corrected chi connectivity index (χ3v) is 2.48. The number of nitrogens with one attached hydrogen (secondary N) is 1. The van der Waals surface area contributed by atoms with Gasteiger partial charge in [-0.05, 0) is 37.6 Å². The molecule has 0 aromatic heterocycles. The zero-order chi connectivity index (χ0) is 11.4. The van der Waals surface area contributed by atoms with E-state index >= 15 is 0 Å². The highest BCUT2D eigenvalue weighted by Gasteiger charge is 2.12. The second kappa shape index (κ2) is 5.03. The molecule has 3 nitrogen and oxygen atoms in total. The predicted molar refractivity (Wildman–Crippen MR) is 60.3 cm³/mol. The highest BCUT2D eigenvalue weighted by Crippen LogP contribution is 2.21. The highest BCUT2D eigenvalue weighted by atomic mass is 35.5. The van der Waals surface area contributed by atoms with Gasteiger partial charge in [-0.15, -0.1) is 0 Å². The maximum absolute atomic E-state index is 11.2. The number of carbonyl (C=O) groups is 1. The molecule has 0 spiro atoms. The van der Waals surface area contributed by atoms with E-state index in [2.05, 4.69) is 5.32 Å². The molecule has 0 aliphatic carbocycles. The molecular weight excluding hydrogens is 214 g/mol. The normalized spacial score (nSPS) is 12.0. The third-order valence-electron chi connectivity index (χ3n) is 2.06. The molecule has 1 aromatic rings. The Kier molecular flexibility index (Phi) is 3.97. The molecule has 0 saturated carbocycles. The van der Waals surface area contributed by atoms with Crippen molar-refractivity contribution in [2.24, 2.45) is 0 Å². The molecule has 0 bridgehead atoms. The van der Waals surface area contributed by atoms with Crippen LogP contribution in [0.3, 0.4) is 0 Å². The quantitative estimate of drug-likeness (QED) is 0.860. The smallest absolute Gasteiger partial charge is 0.260 e. The fraction of sp³-hybridized carbons (Fsp3) is 0.364. The van der Waals surface area contributed by atoms with Gasteiger partial charge >= 0.3 is 0 Å². The van der Waals surface area contributed by atoms with Gasteiger partial charge in [0.2, 0.25) is 0 Å². The zero-order valence-electron chi connectivity index (χ0n) is 9.00. The Morgan fingerprint density at radius 2 is 2.20 bits per heavy atom. The van der Waals surface area contributed by atoms with Crippen LogP contribution in [-0.2, 0) is 4.79 Å². The molecule has 1 rings (SSSR count). The Hall–Kier alpha value is -1.22. The van der Waals surface area contributed by atoms with E-state index in [4.69, 9.17) is 16.3 Å². The maximum atomic E-state index is 11.2. The lowest BCUT2D eigenvalue weighted by Crippen LogP contribution is -2.33. The molecule has 0 radical (unpaired) electrons. The molecule has 82 valence electrons. The van der Waals surface area contributed by atoms with Crippen molar-refractivity contribution in [2.75, 3.05) is 7.05 Å². The summed E-state index contributed by atoms with van der Waals surface area (Å²) in [4.78, 5) is 11.2. The summed E-state index contributed by atoms with van der Waals surface area (Å²) < 4.78 is 5.43. The number of hydrogen-bond donors (Lipinski definition) is 1. The SMILES string of the molecule is CNC(=O)[C@H](C)Oc1ccc(Cl)c(C)c1. The van der Waals surface area contributed by atoms with Crippen molar-refractivity contribution >= 4 is 17.5 Å². The minimum Gasteiger partial charge on any atom is -0.481 e. The molecule has 1 atom stereocenters. The average molecular weight is 228 g/mol. The Balaban J connectivity index is 2.73. The van der Waals surface area contributed by atoms with E-state index in [-0.39, 0.29) is 5.91 Å². The standard InChI is InChI=1S/C11H14ClNO2/c1-7-6-9(4-5-10(7)12)15-8(2)11(14)13-3/h4-6,8H,1-3H3,(H,13,14)/t8-/m0/s1. The average Bonchev–Trinajstić information content (AvgIpc) is 2.22. The summed E-state index contributed by atoms with van der Waals surface area (Å²) in [5, 5.41) is 3.21. The number of amides is 1. The Bertz CT molecular complexity index is 366. The van der Waals surface area contributed by atoms with Crippen molar-refractivity contribution < 1.29 is 9.53 Å². The summed E-state index contributed by atoms with van der Waals surface area (Å²) in [7, 11) is 1.58. The van der Waals surface area contributed by atoms with Crippen LogP contribution in [0, 0.1) is 6.92 Å². The van der Waals surface area contributed by atoms with Crippen LogP contribution in [0.25, 0.3) is 0 Å². The van der Waals surface area contributed by atoms with Gasteiger partial charge < -0.3 is 10.1 Å². The van der Waals surface area contributed by atoms with Gasteiger partial charge in [-0.2, -0.15) is 0 Å². The van der Waals surface area contributed by atoms with Crippen LogP contribution >= 0.6 is 11.6 Å². The first-order chi connectivity index (χ1) is 7.04. The summed E-state index contributed by atoms with van der Waals surface area (Å²) in [6, 6.07) is 5.30. The lowest BCUT2D eigenvalue weighted by molar-refractivity contribution is -0.126. The molecule has 1 amide bonds. The van der Waals surface area contributed by atoms with E-state index in [0.29, 0.717) is 10.8 Å². The number of likely N-dealkylation sites (N-methyl/N-ethyl adjacent to an activating group) is 1. The maximum Gasteiger partial charge on any atom is 0.260 e. The van der Waals surface area contributed by atoms with Gasteiger partial charge in [0.05, 0.1) is 0 Å². The van der Waals surface area contributed by atoms with Crippen LogP contribution < -0.4 is 10.1 Å². The number of carbonyl (C=O) groups excluding carboxylic acids is 1. The summed E-state index contributed by atoms with van der Waals surface area (Å²) in [6.45, 7) is 3.59. The number of aryl methyl sites for hydroxylation is 1. The van der Waals surface area contributed by atoms with Crippen molar-refractivity contribution in [3.63, 3.8) is 0 Å². The van der Waals surface area contributed by atoms with Gasteiger partial charge in [-0.3, -0.25) is 4.79 Å². The summed E-state index contributed by atoms with van der Waals surface area (Å²) in [5.74, 6) is 0.496. The van der Waals surface area contributed by atoms with Crippen LogP contribution in [0.5, 0.6) is 5.75 Å². The molecule has 15 heavy (non-hydrogen) atoms. The van der Waals surface area contributed by atoms with Crippen LogP contribution in [0.15, 0.2) is 18.2 Å². The van der Waals surface area contributed by atoms with E-state index in [9.17, 15) is 4.79 Å². The van der Waals surface area contributed by atoms with Crippen molar-refractivity contribution in [1.82, 2.24) is 5.32 Å². The number of halogens is 1. The van der Waals surface area contributed by atoms with E-state index in [1.54, 1.807) is 26.1 Å². The van der Waals surface area contributed by atoms with Crippen molar-refractivity contribution in [2.45, 2.75) is 20.0 Å². The molecular formula is C11H14ClNO2. The number of hydrogen-bond acceptors (Lipinski definition) is 2. The molecule has 0 aliphatic heterocycles. The van der Waals surface area contributed by atoms with Gasteiger partial charge in [-0.25, -0.2) is 0 Å². The van der Waals surface area contributed by atoms with Crippen molar-refractivity contribution in [3.05, 3.63) is 28.8 Å². The molecule has 0 aliphatic rings. The van der Waals surface area contributed by atoms with Crippen LogP contribution in [0.2, 0.25) is 5.02 Å². The summed E-state index contributed by atoms with van der Waals surface area (Å²) in [6.07, 6.45) is -0.504. The number of rotatable bonds is 3. The summed E-state index contributed by atoms with van der Waals surface area (Å²) >= 11 is 5.87. The highest BCUT2D eigenvalue weighted by molar-refractivity contribution is 6.31. The molecule has 0 fully saturated rings. The molecule has 0 saturated heterocycles. The summed E-state index contributed by atoms with van der Waals surface area (Å²) in [5.41, 5.74) is 0.929. The third kappa shape index (κ3) is 3.13. The first-order valence-corrected chi connectivity index (χ1v) is 5.06. The van der Waals surface area contributed by atoms with E-state index < -0.39 is 6.10 Å². The largest absolute Gasteiger partial charge is 0.481 e. The van der Waals surface area contributed by atoms with E-state index in [1.807, 2.05) is 13.0 Å². The molecule has 1 N–H and O–H groups in total. The first-order valence-electron chi connectivity index (χ1n) is 4.69. The minimum absolute atomic E-state index is 0.150. The van der Waals surface area contributed by atoms with Gasteiger partial charge in [0.1, 0.15) is 5.75 Å². The lowest BCUT2D eigenvalue weighted by atomic mass is 10.2. The Labute approximate surface area is 94.4 Å². The molecule has 1 aromatic carbocycles. The molecule has 0 heterocycles. The van der Waals surface area contributed by atoms with Crippen LogP contribution in [0.1, 0.15) is 12.5 Å². The fourth-order valence-corrected chi connectivity index (χ4v) is 1.27. The van der Waals surface area contributed by atoms with Gasteiger partial charge in [0.15, 0.2) is 6.10 Å². The number of ether oxygens (including phenoxy) is 1. The van der Waals surface area contributed by atoms with Crippen LogP contribution in [0.4, 0.5) is 0 Å². The monoisotopic (exact) mass is 227 g/mol. The zero-order valence-corrected chi connectivity index (χ0v) is 9.76. The fourth-order valence-electron chi connectivity index (χ4n) is 1.15. The topological polar surface area (TPSA) is 38.3 Å². The molecule has 4 heteroatoms. The Morgan fingerprint density at radius 3 is 2.73 bits per heavy atom. The van der Waals surface area contributed by atoms with E-state index in [1.165, 1.54) is 0 Å². The van der Waals surface area contributed by atoms with Gasteiger partial charge in [0.25, 0.3) is 5.91 Å². The van der Waals surface area contributed by atoms with E-state index in [0.717, 1.165) is 5.56 Å². The predicted octanol–water partition coefficient (Wildman–Crippen LogP) is 2.16. The van der Waals surface area contributed by atoms with Crippen molar-refractivity contribution in [1.29, 1.82) is 0 Å². The minimum atomic E-state index is -0.504. The first kappa shape index (κ1) is 11.9. The van der Waals surface area contributed by atoms with Gasteiger partial charge in [0, 0.05) is 12.1 Å². The number of benzene rings is 1. The molecule has 0 unspecified atom stereocenters. The lowest BCUT2D eigenvalue weighted by Gasteiger charge is -2.13. The Morgan fingerprint density at radius 1 is 1.53 bits per heavy atom. The van der Waals surface area contributed by atoms with Gasteiger partial charge in [-0.1, -0.05) is 11.6 Å². The second-order valence-corrected chi connectivity index (χ2v) is 3.69. The van der Waals surface area contributed by atoms with Crippen LogP contribution in [-0.4, -0.2) is 19.1 Å².